The molecule has 0 saturated heterocycles. The summed E-state index contributed by atoms with van der Waals surface area (Å²) < 4.78 is 16.4. The average Bonchev–Trinajstić information content (AvgIpc) is 3.97. The maximum absolute atomic E-state index is 11.1. The van der Waals surface area contributed by atoms with E-state index in [9.17, 15) is 4.79 Å². The highest BCUT2D eigenvalue weighted by molar-refractivity contribution is 5.97. The molecule has 0 bridgehead atoms. The molecule has 3 heterocycles. The van der Waals surface area contributed by atoms with Crippen LogP contribution in [0.15, 0.2) is 120 Å². The SMILES string of the molecule is CCCCN(CCc1ccc(-c2noc(=O)[nH]2)cc1)c1nc2ccccc2o1.CCCCN(CCc1ccc(C(N)=NO)cc1)c1nc2ccccc2o1. The molecule has 7 aromatic rings. The van der Waals surface area contributed by atoms with Gasteiger partial charge in [0.2, 0.25) is 0 Å². The third kappa shape index (κ3) is 9.73. The predicted molar refractivity (Wildman–Crippen MR) is 211 cm³/mol. The summed E-state index contributed by atoms with van der Waals surface area (Å²) in [6, 6.07) is 32.6. The number of rotatable bonds is 16. The summed E-state index contributed by atoms with van der Waals surface area (Å²) in [5, 5.41) is 15.5. The number of unbranched alkanes of at least 4 members (excludes halogenated alkanes) is 2. The van der Waals surface area contributed by atoms with Gasteiger partial charge in [-0.05, 0) is 61.1 Å². The molecule has 0 saturated carbocycles. The summed E-state index contributed by atoms with van der Waals surface area (Å²) in [7, 11) is 0. The Morgan fingerprint density at radius 1 is 0.722 bits per heavy atom. The van der Waals surface area contributed by atoms with Gasteiger partial charge in [-0.1, -0.05) is 110 Å². The number of hydrogen-bond donors (Lipinski definition) is 3. The summed E-state index contributed by atoms with van der Waals surface area (Å²) >= 11 is 0. The number of para-hydroxylation sites is 4. The minimum Gasteiger partial charge on any atom is -0.423 e. The molecule has 0 radical (unpaired) electrons. The van der Waals surface area contributed by atoms with Gasteiger partial charge in [0.15, 0.2) is 22.8 Å². The first-order valence-corrected chi connectivity index (χ1v) is 18.4. The third-order valence-electron chi connectivity index (χ3n) is 9.04. The fourth-order valence-corrected chi connectivity index (χ4v) is 5.91. The molecule has 0 amide bonds. The van der Waals surface area contributed by atoms with E-state index >= 15 is 0 Å². The number of aromatic nitrogens is 4. The molecule has 54 heavy (non-hydrogen) atoms. The van der Waals surface area contributed by atoms with E-state index in [1.807, 2.05) is 97.1 Å². The lowest BCUT2D eigenvalue weighted by Crippen LogP contribution is -2.27. The zero-order valence-electron chi connectivity index (χ0n) is 30.6. The van der Waals surface area contributed by atoms with Crippen LogP contribution >= 0.6 is 0 Å². The predicted octanol–water partition coefficient (Wildman–Crippen LogP) is 7.79. The lowest BCUT2D eigenvalue weighted by Gasteiger charge is -2.20. The quantitative estimate of drug-likeness (QED) is 0.0383. The van der Waals surface area contributed by atoms with Crippen LogP contribution in [0.1, 0.15) is 56.2 Å². The van der Waals surface area contributed by atoms with Gasteiger partial charge in [0, 0.05) is 37.3 Å². The Morgan fingerprint density at radius 3 is 1.67 bits per heavy atom. The van der Waals surface area contributed by atoms with E-state index in [-0.39, 0.29) is 5.84 Å². The molecule has 3 aromatic heterocycles. The van der Waals surface area contributed by atoms with Crippen molar-refractivity contribution in [1.82, 2.24) is 20.1 Å². The van der Waals surface area contributed by atoms with Crippen LogP contribution < -0.4 is 21.3 Å². The van der Waals surface area contributed by atoms with Gasteiger partial charge in [-0.15, -0.1) is 0 Å². The average molecular weight is 731 g/mol. The van der Waals surface area contributed by atoms with E-state index in [1.54, 1.807) is 0 Å². The third-order valence-corrected chi connectivity index (χ3v) is 9.04. The van der Waals surface area contributed by atoms with Gasteiger partial charge < -0.3 is 29.6 Å². The van der Waals surface area contributed by atoms with Crippen LogP contribution in [0, 0.1) is 0 Å². The standard InChI is InChI=1S/C21H22N4O3.C20H24N4O2/c1-2-3-13-25(20-22-17-6-4-5-7-18(17)27-20)14-12-15-8-10-16(11-9-15)19-23-21(26)28-24-19;1-2-3-13-24(20-22-17-6-4-5-7-18(17)26-20)14-12-15-8-10-16(11-9-15)19(21)23-25/h4-11H,2-3,12-14H2,1H3,(H,23,24,26);4-11,25H,2-3,12-14H2,1H3,(H2,21,23). The summed E-state index contributed by atoms with van der Waals surface area (Å²) in [5.74, 6) is 0.00386. The van der Waals surface area contributed by atoms with Crippen LogP contribution in [0.25, 0.3) is 33.6 Å². The van der Waals surface area contributed by atoms with Gasteiger partial charge in [-0.2, -0.15) is 9.97 Å². The van der Waals surface area contributed by atoms with Crippen molar-refractivity contribution < 1.29 is 18.6 Å². The molecule has 0 aliphatic rings. The Morgan fingerprint density at radius 2 is 1.22 bits per heavy atom. The number of amidine groups is 1. The van der Waals surface area contributed by atoms with Crippen molar-refractivity contribution >= 4 is 40.1 Å². The molecule has 0 aliphatic carbocycles. The van der Waals surface area contributed by atoms with Gasteiger partial charge in [-0.3, -0.25) is 9.51 Å². The number of benzene rings is 4. The zero-order chi connectivity index (χ0) is 37.7. The molecule has 13 nitrogen and oxygen atoms in total. The summed E-state index contributed by atoms with van der Waals surface area (Å²) in [6.07, 6.45) is 6.11. The number of anilines is 2. The van der Waals surface area contributed by atoms with Crippen LogP contribution in [-0.2, 0) is 12.8 Å². The van der Waals surface area contributed by atoms with Gasteiger partial charge in [0.1, 0.15) is 11.0 Å². The number of nitrogens with one attached hydrogen (secondary N) is 1. The van der Waals surface area contributed by atoms with Crippen LogP contribution in [0.3, 0.4) is 0 Å². The molecule has 0 atom stereocenters. The summed E-state index contributed by atoms with van der Waals surface area (Å²) in [4.78, 5) is 27.3. The van der Waals surface area contributed by atoms with E-state index < -0.39 is 5.76 Å². The largest absolute Gasteiger partial charge is 0.439 e. The van der Waals surface area contributed by atoms with Crippen molar-refractivity contribution in [3.05, 3.63) is 124 Å². The molecular formula is C41H46N8O5. The van der Waals surface area contributed by atoms with E-state index in [4.69, 9.17) is 19.8 Å². The second-order valence-electron chi connectivity index (χ2n) is 12.9. The Balaban J connectivity index is 0.000000185. The zero-order valence-corrected chi connectivity index (χ0v) is 30.6. The minimum atomic E-state index is -0.552. The van der Waals surface area contributed by atoms with Crippen molar-refractivity contribution in [1.29, 1.82) is 0 Å². The molecule has 0 aliphatic heterocycles. The normalized spacial score (nSPS) is 11.5. The van der Waals surface area contributed by atoms with Crippen molar-refractivity contribution in [2.75, 3.05) is 36.0 Å². The smallest absolute Gasteiger partial charge is 0.423 e. The number of oxime groups is 1. The lowest BCUT2D eigenvalue weighted by atomic mass is 10.1. The molecule has 280 valence electrons. The second kappa shape index (κ2) is 18.4. The number of aromatic amines is 1. The number of fused-ring (bicyclic) bond motifs is 2. The molecule has 0 spiro atoms. The number of nitrogens with zero attached hydrogens (tertiary/aromatic N) is 6. The van der Waals surface area contributed by atoms with Crippen molar-refractivity contribution in [3.8, 4) is 11.4 Å². The molecule has 13 heteroatoms. The minimum absolute atomic E-state index is 0.118. The van der Waals surface area contributed by atoms with Gasteiger partial charge in [-0.25, -0.2) is 4.79 Å². The molecular weight excluding hydrogens is 685 g/mol. The maximum atomic E-state index is 11.1. The Hall–Kier alpha value is -6.37. The van der Waals surface area contributed by atoms with E-state index in [1.165, 1.54) is 11.1 Å². The van der Waals surface area contributed by atoms with E-state index in [0.717, 1.165) is 92.5 Å². The van der Waals surface area contributed by atoms with Crippen molar-refractivity contribution in [3.63, 3.8) is 0 Å². The van der Waals surface area contributed by atoms with Crippen LogP contribution in [-0.4, -0.2) is 57.3 Å². The first-order valence-electron chi connectivity index (χ1n) is 18.4. The first-order chi connectivity index (χ1) is 26.4. The second-order valence-corrected chi connectivity index (χ2v) is 12.9. The summed E-state index contributed by atoms with van der Waals surface area (Å²) in [6.45, 7) is 7.79. The van der Waals surface area contributed by atoms with Gasteiger partial charge in [0.25, 0.3) is 12.0 Å². The molecule has 0 unspecified atom stereocenters. The highest BCUT2D eigenvalue weighted by Gasteiger charge is 2.15. The highest BCUT2D eigenvalue weighted by Crippen LogP contribution is 2.24. The highest BCUT2D eigenvalue weighted by atomic mass is 16.5. The molecule has 0 fully saturated rings. The summed E-state index contributed by atoms with van der Waals surface area (Å²) in [5.41, 5.74) is 12.9. The first kappa shape index (κ1) is 37.4. The maximum Gasteiger partial charge on any atom is 0.439 e. The molecule has 4 aromatic carbocycles. The van der Waals surface area contributed by atoms with Gasteiger partial charge in [0.05, 0.1) is 0 Å². The Labute approximate surface area is 313 Å². The monoisotopic (exact) mass is 730 g/mol. The number of oxazole rings is 2. The number of nitrogens with two attached hydrogens (primary N) is 1. The molecule has 7 rings (SSSR count). The number of H-pyrrole nitrogens is 1. The Kier molecular flexibility index (Phi) is 12.7. The van der Waals surface area contributed by atoms with Crippen molar-refractivity contribution in [2.45, 2.75) is 52.4 Å². The topological polar surface area (TPSA) is 176 Å². The number of hydrogen-bond acceptors (Lipinski definition) is 11. The lowest BCUT2D eigenvalue weighted by molar-refractivity contribution is 0.318. The fraction of sp³-hybridized carbons (Fsp3) is 0.293. The van der Waals surface area contributed by atoms with Crippen LogP contribution in [0.5, 0.6) is 0 Å². The molecule has 4 N–H and O–H groups in total. The van der Waals surface area contributed by atoms with Crippen molar-refractivity contribution in [2.24, 2.45) is 10.9 Å². The van der Waals surface area contributed by atoms with Crippen LogP contribution in [0.4, 0.5) is 12.0 Å². The van der Waals surface area contributed by atoms with E-state index in [2.05, 4.69) is 53.4 Å². The fourth-order valence-electron chi connectivity index (χ4n) is 5.91. The Bertz CT molecular complexity index is 2220. The van der Waals surface area contributed by atoms with Crippen LogP contribution in [0.2, 0.25) is 0 Å². The van der Waals surface area contributed by atoms with Gasteiger partial charge >= 0.3 is 5.76 Å². The van der Waals surface area contributed by atoms with E-state index in [0.29, 0.717) is 23.4 Å².